The van der Waals surface area contributed by atoms with Crippen molar-refractivity contribution in [1.82, 2.24) is 4.98 Å². The molecule has 1 atom stereocenters. The fraction of sp³-hybridized carbons (Fsp3) is 0.357. The molecule has 6 nitrogen and oxygen atoms in total. The highest BCUT2D eigenvalue weighted by molar-refractivity contribution is 8.13. The molecule has 1 aromatic carbocycles. The van der Waals surface area contributed by atoms with Crippen LogP contribution in [0.4, 0.5) is 10.4 Å². The van der Waals surface area contributed by atoms with E-state index in [0.717, 1.165) is 11.8 Å². The van der Waals surface area contributed by atoms with Gasteiger partial charge >= 0.3 is 5.97 Å². The molecule has 0 aliphatic heterocycles. The van der Waals surface area contributed by atoms with E-state index in [9.17, 15) is 14.0 Å². The maximum absolute atomic E-state index is 13.1. The molecule has 22 heavy (non-hydrogen) atoms. The summed E-state index contributed by atoms with van der Waals surface area (Å²) in [5.74, 6) is -0.455. The molecular weight excluding hydrogens is 311 g/mol. The number of nitrogens with zero attached hydrogens (tertiary/aromatic N) is 1. The number of carbonyl (C=O) groups is 2. The summed E-state index contributed by atoms with van der Waals surface area (Å²) in [7, 11) is 1.27. The van der Waals surface area contributed by atoms with Crippen LogP contribution in [0, 0.1) is 5.82 Å². The average Bonchev–Trinajstić information content (AvgIpc) is 2.86. The Bertz CT molecular complexity index is 689. The fourth-order valence-corrected chi connectivity index (χ4v) is 2.46. The average molecular weight is 326 g/mol. The van der Waals surface area contributed by atoms with Gasteiger partial charge < -0.3 is 14.5 Å². The third kappa shape index (κ3) is 4.20. The molecule has 0 aliphatic rings. The number of aromatic nitrogens is 1. The molecule has 1 N–H and O–H groups in total. The SMILES string of the molecule is COC(=O)[C@H](CCSC(C)=O)Nc1nc2cc(F)ccc2o1. The van der Waals surface area contributed by atoms with Crippen LogP contribution >= 0.6 is 11.8 Å². The minimum Gasteiger partial charge on any atom is -0.467 e. The Morgan fingerprint density at radius 3 is 2.95 bits per heavy atom. The quantitative estimate of drug-likeness (QED) is 0.817. The zero-order valence-electron chi connectivity index (χ0n) is 12.1. The molecular formula is C14H15FN2O4S. The van der Waals surface area contributed by atoms with E-state index in [4.69, 9.17) is 9.15 Å². The summed E-state index contributed by atoms with van der Waals surface area (Å²) in [6.45, 7) is 1.46. The lowest BCUT2D eigenvalue weighted by Gasteiger charge is -2.14. The first kappa shape index (κ1) is 16.3. The zero-order valence-corrected chi connectivity index (χ0v) is 12.9. The van der Waals surface area contributed by atoms with Crippen LogP contribution in [0.3, 0.4) is 0 Å². The van der Waals surface area contributed by atoms with Crippen molar-refractivity contribution in [2.24, 2.45) is 0 Å². The van der Waals surface area contributed by atoms with Gasteiger partial charge in [-0.05, 0) is 18.6 Å². The lowest BCUT2D eigenvalue weighted by molar-refractivity contribution is -0.141. The van der Waals surface area contributed by atoms with Crippen LogP contribution in [0.2, 0.25) is 0 Å². The van der Waals surface area contributed by atoms with Crippen molar-refractivity contribution in [2.75, 3.05) is 18.2 Å². The monoisotopic (exact) mass is 326 g/mol. The van der Waals surface area contributed by atoms with Gasteiger partial charge in [-0.25, -0.2) is 9.18 Å². The van der Waals surface area contributed by atoms with Crippen molar-refractivity contribution >= 4 is 40.0 Å². The van der Waals surface area contributed by atoms with Gasteiger partial charge in [-0.15, -0.1) is 0 Å². The summed E-state index contributed by atoms with van der Waals surface area (Å²) in [4.78, 5) is 26.8. The Labute approximate surface area is 130 Å². The van der Waals surface area contributed by atoms with Gasteiger partial charge in [0.1, 0.15) is 17.4 Å². The van der Waals surface area contributed by atoms with Crippen LogP contribution in [-0.2, 0) is 14.3 Å². The number of hydrogen-bond donors (Lipinski definition) is 1. The van der Waals surface area contributed by atoms with Gasteiger partial charge in [-0.3, -0.25) is 4.79 Å². The smallest absolute Gasteiger partial charge is 0.328 e. The van der Waals surface area contributed by atoms with E-state index < -0.39 is 17.8 Å². The Morgan fingerprint density at radius 1 is 1.50 bits per heavy atom. The van der Waals surface area contributed by atoms with Crippen molar-refractivity contribution < 1.29 is 23.1 Å². The van der Waals surface area contributed by atoms with Crippen molar-refractivity contribution in [2.45, 2.75) is 19.4 Å². The lowest BCUT2D eigenvalue weighted by atomic mass is 10.2. The third-order valence-corrected chi connectivity index (χ3v) is 3.69. The van der Waals surface area contributed by atoms with E-state index in [2.05, 4.69) is 10.3 Å². The second kappa shape index (κ2) is 7.26. The van der Waals surface area contributed by atoms with E-state index >= 15 is 0 Å². The number of thioether (sulfide) groups is 1. The van der Waals surface area contributed by atoms with Crippen LogP contribution in [-0.4, -0.2) is 35.0 Å². The molecule has 2 aromatic rings. The highest BCUT2D eigenvalue weighted by atomic mass is 32.2. The number of ether oxygens (including phenoxy) is 1. The largest absolute Gasteiger partial charge is 0.467 e. The van der Waals surface area contributed by atoms with Gasteiger partial charge in [0.2, 0.25) is 0 Å². The summed E-state index contributed by atoms with van der Waals surface area (Å²) < 4.78 is 23.2. The molecule has 0 aliphatic carbocycles. The van der Waals surface area contributed by atoms with Crippen LogP contribution in [0.25, 0.3) is 11.1 Å². The molecule has 0 saturated carbocycles. The molecule has 0 amide bonds. The first-order valence-corrected chi connectivity index (χ1v) is 7.52. The number of hydrogen-bond acceptors (Lipinski definition) is 7. The number of carbonyl (C=O) groups excluding carboxylic acids is 2. The fourth-order valence-electron chi connectivity index (χ4n) is 1.82. The van der Waals surface area contributed by atoms with Gasteiger partial charge in [0.05, 0.1) is 7.11 Å². The van der Waals surface area contributed by atoms with Gasteiger partial charge in [-0.1, -0.05) is 11.8 Å². The Morgan fingerprint density at radius 2 is 2.27 bits per heavy atom. The first-order chi connectivity index (χ1) is 10.5. The van der Waals surface area contributed by atoms with Crippen molar-refractivity contribution in [3.05, 3.63) is 24.0 Å². The molecule has 0 spiro atoms. The molecule has 0 unspecified atom stereocenters. The lowest BCUT2D eigenvalue weighted by Crippen LogP contribution is -2.31. The normalized spacial score (nSPS) is 12.1. The molecule has 0 radical (unpaired) electrons. The molecule has 8 heteroatoms. The van der Waals surface area contributed by atoms with Crippen LogP contribution in [0.15, 0.2) is 22.6 Å². The molecule has 1 heterocycles. The Hall–Kier alpha value is -2.09. The summed E-state index contributed by atoms with van der Waals surface area (Å²) in [6, 6.07) is 3.36. The number of rotatable bonds is 6. The van der Waals surface area contributed by atoms with Crippen LogP contribution < -0.4 is 5.32 Å². The van der Waals surface area contributed by atoms with Gasteiger partial charge in [0.25, 0.3) is 6.01 Å². The highest BCUT2D eigenvalue weighted by Crippen LogP contribution is 2.21. The second-order valence-electron chi connectivity index (χ2n) is 4.48. The van der Waals surface area contributed by atoms with E-state index in [1.165, 1.54) is 32.2 Å². The maximum atomic E-state index is 13.1. The standard InChI is InChI=1S/C14H15FN2O4S/c1-8(18)22-6-5-10(13(19)20-2)16-14-17-11-7-9(15)3-4-12(11)21-14/h3-4,7,10H,5-6H2,1-2H3,(H,16,17)/t10-/m0/s1. The second-order valence-corrected chi connectivity index (χ2v) is 5.75. The minimum absolute atomic E-state index is 0.0269. The number of nitrogens with one attached hydrogen (secondary N) is 1. The van der Waals surface area contributed by atoms with E-state index in [1.807, 2.05) is 0 Å². The first-order valence-electron chi connectivity index (χ1n) is 6.53. The summed E-state index contributed by atoms with van der Waals surface area (Å²) in [6.07, 6.45) is 0.365. The van der Waals surface area contributed by atoms with Crippen molar-refractivity contribution in [1.29, 1.82) is 0 Å². The zero-order chi connectivity index (χ0) is 16.1. The Balaban J connectivity index is 2.10. The number of benzene rings is 1. The number of methoxy groups -OCH3 is 1. The van der Waals surface area contributed by atoms with Gasteiger partial charge in [0, 0.05) is 18.7 Å². The minimum atomic E-state index is -0.699. The summed E-state index contributed by atoms with van der Waals surface area (Å²) in [5.41, 5.74) is 0.759. The molecule has 118 valence electrons. The summed E-state index contributed by atoms with van der Waals surface area (Å²) in [5, 5.41) is 2.79. The summed E-state index contributed by atoms with van der Waals surface area (Å²) >= 11 is 1.12. The molecule has 0 saturated heterocycles. The number of anilines is 1. The topological polar surface area (TPSA) is 81.4 Å². The predicted molar refractivity (Wildman–Crippen MR) is 81.1 cm³/mol. The van der Waals surface area contributed by atoms with E-state index in [0.29, 0.717) is 23.3 Å². The predicted octanol–water partition coefficient (Wildman–Crippen LogP) is 2.59. The maximum Gasteiger partial charge on any atom is 0.328 e. The number of fused-ring (bicyclic) bond motifs is 1. The van der Waals surface area contributed by atoms with Crippen molar-refractivity contribution in [3.63, 3.8) is 0 Å². The molecule has 0 fully saturated rings. The molecule has 1 aromatic heterocycles. The van der Waals surface area contributed by atoms with Crippen molar-refractivity contribution in [3.8, 4) is 0 Å². The number of oxazole rings is 1. The van der Waals surface area contributed by atoms with Crippen LogP contribution in [0.1, 0.15) is 13.3 Å². The molecule has 0 bridgehead atoms. The number of halogens is 1. The van der Waals surface area contributed by atoms with E-state index in [-0.39, 0.29) is 11.1 Å². The van der Waals surface area contributed by atoms with Crippen LogP contribution in [0.5, 0.6) is 0 Å². The van der Waals surface area contributed by atoms with Gasteiger partial charge in [0.15, 0.2) is 10.7 Å². The highest BCUT2D eigenvalue weighted by Gasteiger charge is 2.21. The van der Waals surface area contributed by atoms with E-state index in [1.54, 1.807) is 0 Å². The number of esters is 1. The van der Waals surface area contributed by atoms with Gasteiger partial charge in [-0.2, -0.15) is 4.98 Å². The third-order valence-electron chi connectivity index (χ3n) is 2.84. The molecule has 2 rings (SSSR count). The Kier molecular flexibility index (Phi) is 5.37.